The first-order valence-electron chi connectivity index (χ1n) is 6.43. The van der Waals surface area contributed by atoms with Crippen LogP contribution in [0.4, 0.5) is 5.69 Å². The lowest BCUT2D eigenvalue weighted by Crippen LogP contribution is -2.42. The van der Waals surface area contributed by atoms with Crippen LogP contribution in [0.1, 0.15) is 18.9 Å². The van der Waals surface area contributed by atoms with E-state index in [4.69, 9.17) is 10.5 Å². The van der Waals surface area contributed by atoms with Crippen LogP contribution in [0.2, 0.25) is 0 Å². The van der Waals surface area contributed by atoms with Crippen molar-refractivity contribution in [2.45, 2.75) is 26.0 Å². The predicted molar refractivity (Wildman–Crippen MR) is 72.5 cm³/mol. The standard InChI is InChI=1S/C14H22N2O2/c1-10-5-6-16(9-13(10)17)8-11-7-12(15)3-4-14(11)18-2/h3-4,7,10,13,17H,5-6,8-9,15H2,1-2H3. The van der Waals surface area contributed by atoms with Crippen LogP contribution in [-0.4, -0.2) is 36.3 Å². The Morgan fingerprint density at radius 3 is 2.94 bits per heavy atom. The second kappa shape index (κ2) is 5.59. The molecule has 1 aliphatic heterocycles. The number of rotatable bonds is 3. The van der Waals surface area contributed by atoms with Gasteiger partial charge in [0.25, 0.3) is 0 Å². The first-order valence-corrected chi connectivity index (χ1v) is 6.43. The number of aliphatic hydroxyl groups is 1. The van der Waals surface area contributed by atoms with E-state index in [1.807, 2.05) is 18.2 Å². The van der Waals surface area contributed by atoms with Gasteiger partial charge < -0.3 is 15.6 Å². The summed E-state index contributed by atoms with van der Waals surface area (Å²) in [5, 5.41) is 9.91. The topological polar surface area (TPSA) is 58.7 Å². The number of β-amino-alcohol motifs (C(OH)–C–C–N with tert-alkyl or cyclic N) is 1. The van der Waals surface area contributed by atoms with Crippen LogP contribution >= 0.6 is 0 Å². The van der Waals surface area contributed by atoms with Gasteiger partial charge in [-0.05, 0) is 37.1 Å². The molecule has 3 N–H and O–H groups in total. The number of nitrogens with two attached hydrogens (primary N) is 1. The Morgan fingerprint density at radius 2 is 2.28 bits per heavy atom. The van der Waals surface area contributed by atoms with Gasteiger partial charge in [-0.25, -0.2) is 0 Å². The number of aliphatic hydroxyl groups excluding tert-OH is 1. The zero-order chi connectivity index (χ0) is 13.1. The van der Waals surface area contributed by atoms with E-state index in [0.29, 0.717) is 5.92 Å². The van der Waals surface area contributed by atoms with Crippen molar-refractivity contribution < 1.29 is 9.84 Å². The Balaban J connectivity index is 2.07. The largest absolute Gasteiger partial charge is 0.496 e. The first kappa shape index (κ1) is 13.2. The van der Waals surface area contributed by atoms with Crippen molar-refractivity contribution in [3.63, 3.8) is 0 Å². The molecule has 0 radical (unpaired) electrons. The molecule has 2 unspecified atom stereocenters. The number of nitrogen functional groups attached to an aromatic ring is 1. The number of ether oxygens (including phenoxy) is 1. The third-order valence-corrected chi connectivity index (χ3v) is 3.70. The van der Waals surface area contributed by atoms with Gasteiger partial charge in [0.1, 0.15) is 5.75 Å². The number of benzene rings is 1. The van der Waals surface area contributed by atoms with Crippen molar-refractivity contribution >= 4 is 5.69 Å². The van der Waals surface area contributed by atoms with Crippen molar-refractivity contribution in [2.75, 3.05) is 25.9 Å². The second-order valence-corrected chi connectivity index (χ2v) is 5.14. The molecule has 0 spiro atoms. The molecule has 0 bridgehead atoms. The normalized spacial score (nSPS) is 25.1. The Hall–Kier alpha value is -1.26. The molecule has 1 heterocycles. The fraction of sp³-hybridized carbons (Fsp3) is 0.571. The minimum atomic E-state index is -0.231. The summed E-state index contributed by atoms with van der Waals surface area (Å²) in [6.45, 7) is 4.61. The molecular weight excluding hydrogens is 228 g/mol. The quantitative estimate of drug-likeness (QED) is 0.798. The van der Waals surface area contributed by atoms with E-state index in [9.17, 15) is 5.11 Å². The van der Waals surface area contributed by atoms with Crippen LogP contribution < -0.4 is 10.5 Å². The van der Waals surface area contributed by atoms with E-state index in [-0.39, 0.29) is 6.10 Å². The maximum atomic E-state index is 9.91. The van der Waals surface area contributed by atoms with Gasteiger partial charge in [-0.15, -0.1) is 0 Å². The maximum absolute atomic E-state index is 9.91. The summed E-state index contributed by atoms with van der Waals surface area (Å²) in [5.41, 5.74) is 7.64. The van der Waals surface area contributed by atoms with E-state index in [1.165, 1.54) is 0 Å². The zero-order valence-electron chi connectivity index (χ0n) is 11.1. The van der Waals surface area contributed by atoms with Crippen LogP contribution in [0.15, 0.2) is 18.2 Å². The molecule has 4 heteroatoms. The summed E-state index contributed by atoms with van der Waals surface area (Å²) in [6.07, 6.45) is 0.803. The second-order valence-electron chi connectivity index (χ2n) is 5.14. The van der Waals surface area contributed by atoms with Gasteiger partial charge in [0, 0.05) is 24.3 Å². The van der Waals surface area contributed by atoms with Crippen molar-refractivity contribution in [1.82, 2.24) is 4.90 Å². The lowest BCUT2D eigenvalue weighted by atomic mass is 9.95. The number of hydrogen-bond acceptors (Lipinski definition) is 4. The van der Waals surface area contributed by atoms with Crippen LogP contribution in [-0.2, 0) is 6.54 Å². The summed E-state index contributed by atoms with van der Waals surface area (Å²) in [5.74, 6) is 1.25. The monoisotopic (exact) mass is 250 g/mol. The lowest BCUT2D eigenvalue weighted by Gasteiger charge is -2.34. The summed E-state index contributed by atoms with van der Waals surface area (Å²) >= 11 is 0. The molecule has 4 nitrogen and oxygen atoms in total. The molecule has 1 fully saturated rings. The Morgan fingerprint density at radius 1 is 1.50 bits per heavy atom. The van der Waals surface area contributed by atoms with E-state index >= 15 is 0 Å². The molecular formula is C14H22N2O2. The Bertz CT molecular complexity index is 409. The average Bonchev–Trinajstić information content (AvgIpc) is 2.34. The number of methoxy groups -OCH3 is 1. The highest BCUT2D eigenvalue weighted by Gasteiger charge is 2.24. The van der Waals surface area contributed by atoms with Crippen LogP contribution in [0.5, 0.6) is 5.75 Å². The Labute approximate surface area is 108 Å². The molecule has 1 aromatic carbocycles. The molecule has 1 saturated heterocycles. The van der Waals surface area contributed by atoms with Gasteiger partial charge in [-0.3, -0.25) is 4.90 Å². The minimum Gasteiger partial charge on any atom is -0.496 e. The molecule has 0 amide bonds. The highest BCUT2D eigenvalue weighted by atomic mass is 16.5. The fourth-order valence-corrected chi connectivity index (χ4v) is 2.42. The number of hydrogen-bond donors (Lipinski definition) is 2. The lowest BCUT2D eigenvalue weighted by molar-refractivity contribution is 0.0256. The highest BCUT2D eigenvalue weighted by Crippen LogP contribution is 2.25. The molecule has 2 atom stereocenters. The summed E-state index contributed by atoms with van der Waals surface area (Å²) in [7, 11) is 1.67. The number of piperidine rings is 1. The molecule has 100 valence electrons. The van der Waals surface area contributed by atoms with Gasteiger partial charge in [-0.2, -0.15) is 0 Å². The Kier molecular flexibility index (Phi) is 4.09. The smallest absolute Gasteiger partial charge is 0.123 e. The molecule has 1 aliphatic rings. The zero-order valence-corrected chi connectivity index (χ0v) is 11.1. The molecule has 0 saturated carbocycles. The van der Waals surface area contributed by atoms with Crippen molar-refractivity contribution in [3.8, 4) is 5.75 Å². The van der Waals surface area contributed by atoms with Gasteiger partial charge in [-0.1, -0.05) is 6.92 Å². The number of likely N-dealkylation sites (tertiary alicyclic amines) is 1. The van der Waals surface area contributed by atoms with Crippen molar-refractivity contribution in [2.24, 2.45) is 5.92 Å². The summed E-state index contributed by atoms with van der Waals surface area (Å²) in [6, 6.07) is 5.69. The molecule has 0 aliphatic carbocycles. The van der Waals surface area contributed by atoms with E-state index in [2.05, 4.69) is 11.8 Å². The van der Waals surface area contributed by atoms with Gasteiger partial charge in [0.05, 0.1) is 13.2 Å². The van der Waals surface area contributed by atoms with E-state index in [1.54, 1.807) is 7.11 Å². The third kappa shape index (κ3) is 2.94. The highest BCUT2D eigenvalue weighted by molar-refractivity contribution is 5.47. The van der Waals surface area contributed by atoms with Gasteiger partial charge in [0.2, 0.25) is 0 Å². The van der Waals surface area contributed by atoms with Crippen LogP contribution in [0.3, 0.4) is 0 Å². The van der Waals surface area contributed by atoms with Gasteiger partial charge in [0.15, 0.2) is 0 Å². The fourth-order valence-electron chi connectivity index (χ4n) is 2.42. The number of nitrogens with zero attached hydrogens (tertiary/aromatic N) is 1. The molecule has 18 heavy (non-hydrogen) atoms. The SMILES string of the molecule is COc1ccc(N)cc1CN1CCC(C)C(O)C1. The van der Waals surface area contributed by atoms with Crippen LogP contribution in [0, 0.1) is 5.92 Å². The maximum Gasteiger partial charge on any atom is 0.123 e. The summed E-state index contributed by atoms with van der Waals surface area (Å²) in [4.78, 5) is 2.25. The molecule has 0 aromatic heterocycles. The average molecular weight is 250 g/mol. The molecule has 2 rings (SSSR count). The van der Waals surface area contributed by atoms with Crippen LogP contribution in [0.25, 0.3) is 0 Å². The van der Waals surface area contributed by atoms with Gasteiger partial charge >= 0.3 is 0 Å². The third-order valence-electron chi connectivity index (χ3n) is 3.70. The minimum absolute atomic E-state index is 0.231. The first-order chi connectivity index (χ1) is 8.60. The van der Waals surface area contributed by atoms with E-state index < -0.39 is 0 Å². The van der Waals surface area contributed by atoms with Crippen molar-refractivity contribution in [1.29, 1.82) is 0 Å². The van der Waals surface area contributed by atoms with Crippen molar-refractivity contribution in [3.05, 3.63) is 23.8 Å². The molecule has 1 aromatic rings. The van der Waals surface area contributed by atoms with E-state index in [0.717, 1.165) is 43.1 Å². The number of anilines is 1. The predicted octanol–water partition coefficient (Wildman–Crippen LogP) is 1.48. The summed E-state index contributed by atoms with van der Waals surface area (Å²) < 4.78 is 5.35.